The molecule has 0 rings (SSSR count). The molecule has 0 amide bonds. The Bertz CT molecular complexity index is 174. The van der Waals surface area contributed by atoms with Crippen molar-refractivity contribution in [2.24, 2.45) is 5.73 Å². The van der Waals surface area contributed by atoms with E-state index in [0.717, 1.165) is 12.2 Å². The van der Waals surface area contributed by atoms with Crippen molar-refractivity contribution in [3.8, 4) is 6.07 Å². The molecule has 0 heterocycles. The first-order valence-corrected chi connectivity index (χ1v) is 5.09. The molecule has 0 aliphatic heterocycles. The molecule has 0 aromatic carbocycles. The first-order chi connectivity index (χ1) is 5.27. The number of hydrogen-bond donors (Lipinski definition) is 1. The third-order valence-corrected chi connectivity index (χ3v) is 2.69. The zero-order valence-corrected chi connectivity index (χ0v) is 9.16. The summed E-state index contributed by atoms with van der Waals surface area (Å²) in [5.41, 5.74) is 5.02. The van der Waals surface area contributed by atoms with Gasteiger partial charge >= 0.3 is 0 Å². The summed E-state index contributed by atoms with van der Waals surface area (Å²) in [6.07, 6.45) is 0.755. The Hall–Kier alpha value is -0.200. The van der Waals surface area contributed by atoms with E-state index in [4.69, 9.17) is 11.0 Å². The summed E-state index contributed by atoms with van der Waals surface area (Å²) in [6.45, 7) is 8.27. The lowest BCUT2D eigenvalue weighted by Crippen LogP contribution is -2.35. The highest BCUT2D eigenvalue weighted by Gasteiger charge is 2.18. The highest BCUT2D eigenvalue weighted by molar-refractivity contribution is 8.00. The van der Waals surface area contributed by atoms with Crippen LogP contribution in [-0.2, 0) is 0 Å². The molecule has 2 nitrogen and oxygen atoms in total. The lowest BCUT2D eigenvalue weighted by molar-refractivity contribution is 0.581. The van der Waals surface area contributed by atoms with Gasteiger partial charge in [-0.3, -0.25) is 0 Å². The fourth-order valence-corrected chi connectivity index (χ4v) is 1.76. The van der Waals surface area contributed by atoms with Crippen molar-refractivity contribution in [1.29, 1.82) is 5.26 Å². The second-order valence-corrected chi connectivity index (χ2v) is 6.16. The maximum Gasteiger partial charge on any atom is 0.102 e. The van der Waals surface area contributed by atoms with Crippen molar-refractivity contribution >= 4 is 11.8 Å². The Morgan fingerprint density at radius 1 is 1.33 bits per heavy atom. The monoisotopic (exact) mass is 186 g/mol. The van der Waals surface area contributed by atoms with Crippen molar-refractivity contribution in [1.82, 2.24) is 0 Å². The molecule has 70 valence electrons. The molecule has 0 saturated heterocycles. The number of hydrogen-bond acceptors (Lipinski definition) is 3. The summed E-state index contributed by atoms with van der Waals surface area (Å²) < 4.78 is 0.269. The van der Waals surface area contributed by atoms with Gasteiger partial charge in [-0.1, -0.05) is 20.8 Å². The molecule has 0 aromatic heterocycles. The quantitative estimate of drug-likeness (QED) is 0.734. The standard InChI is InChI=1S/C9H18N2S/c1-8(2,3)12-6-5-9(4,11)7-10/h5-6,11H2,1-4H3. The van der Waals surface area contributed by atoms with Crippen LogP contribution in [0.25, 0.3) is 0 Å². The summed E-state index contributed by atoms with van der Waals surface area (Å²) in [4.78, 5) is 0. The van der Waals surface area contributed by atoms with E-state index >= 15 is 0 Å². The molecule has 0 saturated carbocycles. The molecule has 0 bridgehead atoms. The fraction of sp³-hybridized carbons (Fsp3) is 0.889. The Morgan fingerprint density at radius 2 is 1.83 bits per heavy atom. The van der Waals surface area contributed by atoms with Gasteiger partial charge in [0.25, 0.3) is 0 Å². The summed E-state index contributed by atoms with van der Waals surface area (Å²) in [5, 5.41) is 8.64. The maximum atomic E-state index is 8.64. The van der Waals surface area contributed by atoms with Gasteiger partial charge in [-0.25, -0.2) is 0 Å². The van der Waals surface area contributed by atoms with Gasteiger partial charge in [0.2, 0.25) is 0 Å². The second kappa shape index (κ2) is 4.15. The van der Waals surface area contributed by atoms with Crippen molar-refractivity contribution in [3.63, 3.8) is 0 Å². The molecular weight excluding hydrogens is 168 g/mol. The Balaban J connectivity index is 3.66. The van der Waals surface area contributed by atoms with Crippen LogP contribution in [0, 0.1) is 11.3 Å². The van der Waals surface area contributed by atoms with Crippen LogP contribution >= 0.6 is 11.8 Å². The predicted molar refractivity (Wildman–Crippen MR) is 55.0 cm³/mol. The number of nitriles is 1. The molecule has 0 aliphatic rings. The van der Waals surface area contributed by atoms with Crippen molar-refractivity contribution in [2.75, 3.05) is 5.75 Å². The Labute approximate surface area is 79.5 Å². The highest BCUT2D eigenvalue weighted by atomic mass is 32.2. The topological polar surface area (TPSA) is 49.8 Å². The van der Waals surface area contributed by atoms with E-state index in [2.05, 4.69) is 26.8 Å². The minimum Gasteiger partial charge on any atom is -0.314 e. The van der Waals surface area contributed by atoms with Crippen LogP contribution in [-0.4, -0.2) is 16.0 Å². The predicted octanol–water partition coefficient (Wildman–Crippen LogP) is 2.15. The van der Waals surface area contributed by atoms with Gasteiger partial charge in [0.15, 0.2) is 0 Å². The van der Waals surface area contributed by atoms with Gasteiger partial charge in [-0.05, 0) is 19.1 Å². The van der Waals surface area contributed by atoms with Crippen LogP contribution in [0.1, 0.15) is 34.1 Å². The van der Waals surface area contributed by atoms with E-state index in [1.54, 1.807) is 6.92 Å². The van der Waals surface area contributed by atoms with Gasteiger partial charge in [0, 0.05) is 4.75 Å². The smallest absolute Gasteiger partial charge is 0.102 e. The zero-order chi connectivity index (χ0) is 9.83. The highest BCUT2D eigenvalue weighted by Crippen LogP contribution is 2.25. The molecule has 2 N–H and O–H groups in total. The number of nitrogens with zero attached hydrogens (tertiary/aromatic N) is 1. The summed E-state index contributed by atoms with van der Waals surface area (Å²) in [5.74, 6) is 0.948. The van der Waals surface area contributed by atoms with Crippen LogP contribution in [0.3, 0.4) is 0 Å². The largest absolute Gasteiger partial charge is 0.314 e. The number of thioether (sulfide) groups is 1. The van der Waals surface area contributed by atoms with Crippen molar-refractivity contribution in [3.05, 3.63) is 0 Å². The molecule has 0 fully saturated rings. The lowest BCUT2D eigenvalue weighted by Gasteiger charge is -2.20. The average Bonchev–Trinajstić information content (AvgIpc) is 1.84. The summed E-state index contributed by atoms with van der Waals surface area (Å²) in [6, 6.07) is 2.09. The minimum atomic E-state index is -0.655. The van der Waals surface area contributed by atoms with E-state index in [1.807, 2.05) is 11.8 Å². The molecule has 12 heavy (non-hydrogen) atoms. The van der Waals surface area contributed by atoms with Gasteiger partial charge in [-0.15, -0.1) is 0 Å². The summed E-state index contributed by atoms with van der Waals surface area (Å²) >= 11 is 1.84. The summed E-state index contributed by atoms with van der Waals surface area (Å²) in [7, 11) is 0. The first-order valence-electron chi connectivity index (χ1n) is 4.11. The van der Waals surface area contributed by atoms with Crippen LogP contribution in [0.2, 0.25) is 0 Å². The third-order valence-electron chi connectivity index (χ3n) is 1.41. The molecule has 0 aromatic rings. The Kier molecular flexibility index (Phi) is 4.09. The van der Waals surface area contributed by atoms with Crippen LogP contribution in [0.5, 0.6) is 0 Å². The van der Waals surface area contributed by atoms with Crippen LogP contribution in [0.4, 0.5) is 0 Å². The van der Waals surface area contributed by atoms with Gasteiger partial charge in [0.05, 0.1) is 6.07 Å². The minimum absolute atomic E-state index is 0.269. The average molecular weight is 186 g/mol. The molecule has 1 atom stereocenters. The van der Waals surface area contributed by atoms with E-state index in [9.17, 15) is 0 Å². The number of rotatable bonds is 3. The van der Waals surface area contributed by atoms with Crippen LogP contribution < -0.4 is 5.73 Å². The SMILES string of the molecule is CC(N)(C#N)CCSC(C)(C)C. The van der Waals surface area contributed by atoms with Crippen LogP contribution in [0.15, 0.2) is 0 Å². The number of nitrogens with two attached hydrogens (primary N) is 1. The fourth-order valence-electron chi connectivity index (χ4n) is 0.625. The van der Waals surface area contributed by atoms with E-state index in [0.29, 0.717) is 0 Å². The van der Waals surface area contributed by atoms with E-state index in [-0.39, 0.29) is 4.75 Å². The van der Waals surface area contributed by atoms with E-state index in [1.165, 1.54) is 0 Å². The Morgan fingerprint density at radius 3 is 2.17 bits per heavy atom. The molecular formula is C9H18N2S. The lowest BCUT2D eigenvalue weighted by atomic mass is 10.0. The maximum absolute atomic E-state index is 8.64. The van der Waals surface area contributed by atoms with Gasteiger partial charge in [0.1, 0.15) is 5.54 Å². The zero-order valence-electron chi connectivity index (χ0n) is 8.35. The van der Waals surface area contributed by atoms with Crippen molar-refractivity contribution in [2.45, 2.75) is 44.4 Å². The van der Waals surface area contributed by atoms with E-state index < -0.39 is 5.54 Å². The van der Waals surface area contributed by atoms with Crippen molar-refractivity contribution < 1.29 is 0 Å². The molecule has 3 heteroatoms. The van der Waals surface area contributed by atoms with Gasteiger partial charge < -0.3 is 5.73 Å². The molecule has 0 spiro atoms. The first kappa shape index (κ1) is 11.8. The third kappa shape index (κ3) is 6.51. The molecule has 1 unspecified atom stereocenters. The molecule has 0 radical (unpaired) electrons. The normalized spacial score (nSPS) is 16.7. The van der Waals surface area contributed by atoms with Gasteiger partial charge in [-0.2, -0.15) is 17.0 Å². The second-order valence-electron chi connectivity index (χ2n) is 4.24. The molecule has 0 aliphatic carbocycles.